The predicted molar refractivity (Wildman–Crippen MR) is 98.6 cm³/mol. The van der Waals surface area contributed by atoms with E-state index in [0.29, 0.717) is 12.8 Å². The van der Waals surface area contributed by atoms with Crippen LogP contribution in [0.1, 0.15) is 58.3 Å². The molecule has 7 nitrogen and oxygen atoms in total. The van der Waals surface area contributed by atoms with E-state index in [-0.39, 0.29) is 37.3 Å². The van der Waals surface area contributed by atoms with Crippen LogP contribution >= 0.6 is 0 Å². The van der Waals surface area contributed by atoms with Gasteiger partial charge in [-0.15, -0.1) is 0 Å². The summed E-state index contributed by atoms with van der Waals surface area (Å²) in [7, 11) is 0. The maximum Gasteiger partial charge on any atom is 0.332 e. The number of nitrogens with zero attached hydrogens (tertiary/aromatic N) is 1. The second-order valence-corrected chi connectivity index (χ2v) is 7.82. The molecule has 0 spiro atoms. The normalized spacial score (nSPS) is 34.7. The lowest BCUT2D eigenvalue weighted by atomic mass is 10.1. The summed E-state index contributed by atoms with van der Waals surface area (Å²) in [6.45, 7) is 2.16. The molecule has 0 unspecified atom stereocenters. The fourth-order valence-corrected chi connectivity index (χ4v) is 4.15. The van der Waals surface area contributed by atoms with Crippen LogP contribution in [0.4, 0.5) is 0 Å². The summed E-state index contributed by atoms with van der Waals surface area (Å²) < 4.78 is 5.20. The fraction of sp³-hybridized carbons (Fsp3) is 0.750. The lowest BCUT2D eigenvalue weighted by molar-refractivity contribution is -0.150. The van der Waals surface area contributed by atoms with Crippen molar-refractivity contribution >= 4 is 17.8 Å². The van der Waals surface area contributed by atoms with Gasteiger partial charge in [0.05, 0.1) is 12.7 Å². The Morgan fingerprint density at radius 3 is 2.89 bits per heavy atom. The Labute approximate surface area is 160 Å². The Morgan fingerprint density at radius 2 is 2.11 bits per heavy atom. The zero-order valence-corrected chi connectivity index (χ0v) is 16.0. The molecule has 1 saturated carbocycles. The minimum absolute atomic E-state index is 0.0823. The van der Waals surface area contributed by atoms with E-state index in [9.17, 15) is 19.5 Å². The number of esters is 1. The van der Waals surface area contributed by atoms with Crippen LogP contribution in [0, 0.1) is 5.92 Å². The number of aliphatic hydroxyl groups is 1. The van der Waals surface area contributed by atoms with E-state index in [2.05, 4.69) is 11.4 Å². The molecule has 2 N–H and O–H groups in total. The molecule has 4 atom stereocenters. The second kappa shape index (κ2) is 8.42. The van der Waals surface area contributed by atoms with Gasteiger partial charge in [-0.25, -0.2) is 4.79 Å². The molecule has 2 heterocycles. The molecule has 2 amide bonds. The van der Waals surface area contributed by atoms with Gasteiger partial charge in [0.2, 0.25) is 11.8 Å². The van der Waals surface area contributed by atoms with Gasteiger partial charge in [0.1, 0.15) is 11.6 Å². The first-order valence-electron chi connectivity index (χ1n) is 10.1. The molecule has 27 heavy (non-hydrogen) atoms. The van der Waals surface area contributed by atoms with Crippen molar-refractivity contribution in [2.24, 2.45) is 5.92 Å². The van der Waals surface area contributed by atoms with Crippen molar-refractivity contribution in [3.05, 3.63) is 12.2 Å². The van der Waals surface area contributed by atoms with Crippen LogP contribution in [0.3, 0.4) is 0 Å². The highest BCUT2D eigenvalue weighted by Crippen LogP contribution is 2.46. The quantitative estimate of drug-likeness (QED) is 0.558. The first-order chi connectivity index (χ1) is 13.0. The van der Waals surface area contributed by atoms with Gasteiger partial charge in [0.15, 0.2) is 0 Å². The van der Waals surface area contributed by atoms with Gasteiger partial charge in [0.25, 0.3) is 0 Å². The Morgan fingerprint density at radius 1 is 1.33 bits per heavy atom. The topological polar surface area (TPSA) is 95.9 Å². The van der Waals surface area contributed by atoms with Crippen LogP contribution in [-0.2, 0) is 19.1 Å². The number of hydrogen-bond acceptors (Lipinski definition) is 5. The third kappa shape index (κ3) is 4.34. The van der Waals surface area contributed by atoms with Crippen molar-refractivity contribution in [3.63, 3.8) is 0 Å². The lowest BCUT2D eigenvalue weighted by Crippen LogP contribution is -2.53. The van der Waals surface area contributed by atoms with Gasteiger partial charge in [-0.2, -0.15) is 0 Å². The van der Waals surface area contributed by atoms with Crippen LogP contribution < -0.4 is 5.32 Å². The van der Waals surface area contributed by atoms with E-state index in [1.54, 1.807) is 6.92 Å². The zero-order chi connectivity index (χ0) is 19.4. The average molecular weight is 378 g/mol. The van der Waals surface area contributed by atoms with Crippen molar-refractivity contribution in [3.8, 4) is 0 Å². The molecule has 0 aromatic rings. The fourth-order valence-electron chi connectivity index (χ4n) is 4.15. The summed E-state index contributed by atoms with van der Waals surface area (Å²) in [5.74, 6) is -0.981. The van der Waals surface area contributed by atoms with Crippen molar-refractivity contribution in [2.45, 2.75) is 76.0 Å². The van der Waals surface area contributed by atoms with Gasteiger partial charge >= 0.3 is 5.97 Å². The Balaban J connectivity index is 1.81. The smallest absolute Gasteiger partial charge is 0.332 e. The Hall–Kier alpha value is -1.89. The monoisotopic (exact) mass is 378 g/mol. The molecule has 3 rings (SSSR count). The minimum Gasteiger partial charge on any atom is -0.464 e. The predicted octanol–water partition coefficient (Wildman–Crippen LogP) is 1.30. The Kier molecular flexibility index (Phi) is 6.19. The van der Waals surface area contributed by atoms with E-state index >= 15 is 0 Å². The van der Waals surface area contributed by atoms with Gasteiger partial charge in [-0.3, -0.25) is 9.59 Å². The maximum absolute atomic E-state index is 12.9. The van der Waals surface area contributed by atoms with Gasteiger partial charge in [-0.1, -0.05) is 25.0 Å². The average Bonchev–Trinajstić information content (AvgIpc) is 3.18. The number of ether oxygens (including phenoxy) is 1. The molecule has 2 aliphatic heterocycles. The van der Waals surface area contributed by atoms with Crippen LogP contribution in [0.5, 0.6) is 0 Å². The number of carbonyl (C=O) groups excluding carboxylic acids is 3. The van der Waals surface area contributed by atoms with Crippen LogP contribution in [0.15, 0.2) is 12.2 Å². The standard InChI is InChI=1S/C20H30N2O5/c1-2-27-19(26)20-12-14(20)9-7-5-3-4-6-8-10-17(24)22-13-15(23)11-16(22)18(25)21-20/h7,9,14-16,23H,2-6,8,10-13H2,1H3,(H,21,25)/t14-,15-,16+,20-/m1/s1. The molecule has 2 fully saturated rings. The number of aliphatic hydroxyl groups excluding tert-OH is 1. The summed E-state index contributed by atoms with van der Waals surface area (Å²) in [4.78, 5) is 39.5. The van der Waals surface area contributed by atoms with Crippen molar-refractivity contribution < 1.29 is 24.2 Å². The molecule has 7 heteroatoms. The molecule has 1 aliphatic carbocycles. The highest BCUT2D eigenvalue weighted by Gasteiger charge is 2.62. The molecular weight excluding hydrogens is 348 g/mol. The number of nitrogens with one attached hydrogen (secondary N) is 1. The van der Waals surface area contributed by atoms with E-state index < -0.39 is 23.7 Å². The SMILES string of the molecule is CCOC(=O)[C@@]12C[C@H]1C=CCCCCCCC(=O)N1C[C@H](O)C[C@H]1C(=O)N2. The van der Waals surface area contributed by atoms with E-state index in [4.69, 9.17) is 4.74 Å². The lowest BCUT2D eigenvalue weighted by Gasteiger charge is -2.26. The van der Waals surface area contributed by atoms with Crippen molar-refractivity contribution in [1.29, 1.82) is 0 Å². The van der Waals surface area contributed by atoms with Crippen molar-refractivity contribution in [1.82, 2.24) is 10.2 Å². The number of rotatable bonds is 2. The van der Waals surface area contributed by atoms with Crippen LogP contribution in [-0.4, -0.2) is 58.6 Å². The summed E-state index contributed by atoms with van der Waals surface area (Å²) in [5.41, 5.74) is -1.04. The molecule has 3 aliphatic rings. The highest BCUT2D eigenvalue weighted by molar-refractivity contribution is 5.95. The number of allylic oxidation sites excluding steroid dienone is 1. The highest BCUT2D eigenvalue weighted by atomic mass is 16.5. The third-order valence-corrected chi connectivity index (χ3v) is 5.78. The maximum atomic E-state index is 12.9. The van der Waals surface area contributed by atoms with Crippen LogP contribution in [0.2, 0.25) is 0 Å². The van der Waals surface area contributed by atoms with E-state index in [0.717, 1.165) is 32.1 Å². The van der Waals surface area contributed by atoms with Crippen molar-refractivity contribution in [2.75, 3.05) is 13.2 Å². The number of hydrogen-bond donors (Lipinski definition) is 2. The molecule has 0 aromatic carbocycles. The molecule has 0 bridgehead atoms. The van der Waals surface area contributed by atoms with Gasteiger partial charge in [0, 0.05) is 25.3 Å². The zero-order valence-electron chi connectivity index (χ0n) is 16.0. The first-order valence-corrected chi connectivity index (χ1v) is 10.1. The number of amides is 2. The number of fused-ring (bicyclic) bond motifs is 2. The van der Waals surface area contributed by atoms with Gasteiger partial charge < -0.3 is 20.1 Å². The Bertz CT molecular complexity index is 619. The molecule has 0 aromatic heterocycles. The second-order valence-electron chi connectivity index (χ2n) is 7.82. The molecule has 0 radical (unpaired) electrons. The summed E-state index contributed by atoms with van der Waals surface area (Å²) in [6, 6.07) is -0.728. The van der Waals surface area contributed by atoms with E-state index in [1.807, 2.05) is 6.08 Å². The van der Waals surface area contributed by atoms with Gasteiger partial charge in [-0.05, 0) is 32.6 Å². The molecule has 150 valence electrons. The minimum atomic E-state index is -1.04. The largest absolute Gasteiger partial charge is 0.464 e. The third-order valence-electron chi connectivity index (χ3n) is 5.78. The first kappa shape index (κ1) is 19.9. The summed E-state index contributed by atoms with van der Waals surface area (Å²) in [5, 5.41) is 12.9. The number of carbonyl (C=O) groups is 3. The summed E-state index contributed by atoms with van der Waals surface area (Å²) >= 11 is 0. The summed E-state index contributed by atoms with van der Waals surface area (Å²) in [6.07, 6.45) is 9.26. The molecular formula is C20H30N2O5. The molecule has 1 saturated heterocycles. The van der Waals surface area contributed by atoms with E-state index in [1.165, 1.54) is 4.90 Å². The van der Waals surface area contributed by atoms with Crippen LogP contribution in [0.25, 0.3) is 0 Å².